The first-order valence-corrected chi connectivity index (χ1v) is 14.8. The Bertz CT molecular complexity index is 2080. The van der Waals surface area contributed by atoms with Gasteiger partial charge in [0, 0.05) is 33.4 Å². The van der Waals surface area contributed by atoms with E-state index < -0.39 is 97.9 Å². The summed E-state index contributed by atoms with van der Waals surface area (Å²) in [5.74, 6) is -3.48. The predicted molar refractivity (Wildman–Crippen MR) is 147 cm³/mol. The van der Waals surface area contributed by atoms with E-state index in [9.17, 15) is 45.1 Å². The van der Waals surface area contributed by atoms with Gasteiger partial charge >= 0.3 is 0 Å². The molecule has 42 heavy (non-hydrogen) atoms. The van der Waals surface area contributed by atoms with Gasteiger partial charge in [-0.3, -0.25) is 28.3 Å². The van der Waals surface area contributed by atoms with E-state index in [-0.39, 0.29) is 22.3 Å². The molecular weight excluding hydrogens is 588 g/mol. The number of carbonyl (C=O) groups is 4. The van der Waals surface area contributed by atoms with Gasteiger partial charge in [0.15, 0.2) is 23.1 Å². The number of anilines is 2. The van der Waals surface area contributed by atoms with Crippen molar-refractivity contribution in [3.63, 3.8) is 0 Å². The maximum Gasteiger partial charge on any atom is 0.296 e. The number of hydrogen-bond acceptors (Lipinski definition) is 10. The van der Waals surface area contributed by atoms with E-state index in [0.717, 1.165) is 0 Å². The second-order valence-corrected chi connectivity index (χ2v) is 12.3. The van der Waals surface area contributed by atoms with Gasteiger partial charge in [-0.15, -0.1) is 0 Å². The molecule has 4 aromatic rings. The first-order chi connectivity index (χ1) is 19.6. The van der Waals surface area contributed by atoms with Crippen molar-refractivity contribution in [2.75, 3.05) is 11.5 Å². The summed E-state index contributed by atoms with van der Waals surface area (Å²) in [6, 6.07) is 12.5. The Morgan fingerprint density at radius 3 is 0.976 bits per heavy atom. The normalized spacial score (nSPS) is 14.2. The van der Waals surface area contributed by atoms with Crippen LogP contribution >= 0.6 is 0 Å². The number of nitrogen functional groups attached to an aromatic ring is 2. The molecule has 12 nitrogen and oxygen atoms in total. The van der Waals surface area contributed by atoms with Gasteiger partial charge in [0.05, 0.1) is 22.5 Å². The number of hydrogen-bond donors (Lipinski definition) is 4. The zero-order chi connectivity index (χ0) is 30.5. The molecule has 14 heteroatoms. The lowest BCUT2D eigenvalue weighted by molar-refractivity contribution is 0.0978. The highest BCUT2D eigenvalue weighted by Crippen LogP contribution is 2.46. The number of benzene rings is 4. The monoisotopic (exact) mass is 604 g/mol. The van der Waals surface area contributed by atoms with Crippen LogP contribution in [-0.2, 0) is 20.2 Å². The third kappa shape index (κ3) is 3.66. The van der Waals surface area contributed by atoms with Crippen LogP contribution in [0.15, 0.2) is 70.5 Å². The standard InChI is InChI=1S/C28H16N2O10S2/c29-23-17(41(35,36)37)9-15(19-21(23)27(33)13-7-3-1-5-11(13)25(19)31)16-10-18(42(38,39)40)24(30)22-20(16)26(32)12-6-2-4-8-14(12)28(22)34/h1-10H,29-30H2,(H,35,36,37)(H,38,39,40). The first-order valence-electron chi connectivity index (χ1n) is 11.9. The van der Waals surface area contributed by atoms with Gasteiger partial charge in [-0.05, 0) is 23.3 Å². The Labute approximate surface area is 237 Å². The van der Waals surface area contributed by atoms with Crippen LogP contribution in [0.1, 0.15) is 63.7 Å². The minimum Gasteiger partial charge on any atom is -0.397 e. The summed E-state index contributed by atoms with van der Waals surface area (Å²) in [4.78, 5) is 52.9. The van der Waals surface area contributed by atoms with Crippen LogP contribution in [-0.4, -0.2) is 49.1 Å². The summed E-state index contributed by atoms with van der Waals surface area (Å²) in [7, 11) is -10.4. The largest absolute Gasteiger partial charge is 0.397 e. The highest BCUT2D eigenvalue weighted by atomic mass is 32.2. The zero-order valence-electron chi connectivity index (χ0n) is 20.9. The second kappa shape index (κ2) is 8.74. The van der Waals surface area contributed by atoms with Crippen molar-refractivity contribution in [3.05, 3.63) is 105 Å². The molecule has 0 aliphatic heterocycles. The third-order valence-electron chi connectivity index (χ3n) is 7.25. The average molecular weight is 605 g/mol. The fourth-order valence-corrected chi connectivity index (χ4v) is 6.73. The zero-order valence-corrected chi connectivity index (χ0v) is 22.5. The van der Waals surface area contributed by atoms with E-state index >= 15 is 0 Å². The molecule has 2 aliphatic rings. The van der Waals surface area contributed by atoms with Crippen LogP contribution < -0.4 is 11.5 Å². The van der Waals surface area contributed by atoms with E-state index in [4.69, 9.17) is 11.5 Å². The lowest BCUT2D eigenvalue weighted by Crippen LogP contribution is -2.27. The summed E-state index contributed by atoms with van der Waals surface area (Å²) in [5.41, 5.74) is 6.71. The molecule has 4 aromatic carbocycles. The van der Waals surface area contributed by atoms with E-state index in [0.29, 0.717) is 12.1 Å². The van der Waals surface area contributed by atoms with E-state index in [1.54, 1.807) is 0 Å². The van der Waals surface area contributed by atoms with Crippen LogP contribution in [0.3, 0.4) is 0 Å². The molecule has 0 saturated carbocycles. The Morgan fingerprint density at radius 2 is 0.714 bits per heavy atom. The van der Waals surface area contributed by atoms with Crippen molar-refractivity contribution >= 4 is 54.7 Å². The van der Waals surface area contributed by atoms with Crippen molar-refractivity contribution in [3.8, 4) is 11.1 Å². The number of fused-ring (bicyclic) bond motifs is 4. The lowest BCUT2D eigenvalue weighted by atomic mass is 9.75. The van der Waals surface area contributed by atoms with E-state index in [1.165, 1.54) is 48.5 Å². The number of nitrogens with two attached hydrogens (primary N) is 2. The number of carbonyl (C=O) groups excluding carboxylic acids is 4. The molecule has 2 aliphatic carbocycles. The summed E-state index contributed by atoms with van der Waals surface area (Å²) in [5, 5.41) is 0. The molecule has 0 atom stereocenters. The number of ketones is 4. The summed E-state index contributed by atoms with van der Waals surface area (Å²) < 4.78 is 69.6. The fraction of sp³-hybridized carbons (Fsp3) is 0. The quantitative estimate of drug-likeness (QED) is 0.169. The Kier molecular flexibility index (Phi) is 5.65. The molecule has 210 valence electrons. The minimum atomic E-state index is -5.19. The van der Waals surface area contributed by atoms with E-state index in [2.05, 4.69) is 0 Å². The molecule has 0 fully saturated rings. The minimum absolute atomic E-state index is 0.109. The summed E-state index contributed by atoms with van der Waals surface area (Å²) in [6.07, 6.45) is 0. The van der Waals surface area contributed by atoms with Gasteiger partial charge < -0.3 is 11.5 Å². The van der Waals surface area contributed by atoms with Crippen LogP contribution in [0, 0.1) is 0 Å². The molecule has 0 heterocycles. The van der Waals surface area contributed by atoms with Crippen molar-refractivity contribution < 1.29 is 45.1 Å². The van der Waals surface area contributed by atoms with Crippen LogP contribution in [0.4, 0.5) is 11.4 Å². The molecular formula is C28H16N2O10S2. The van der Waals surface area contributed by atoms with Gasteiger partial charge in [-0.1, -0.05) is 48.5 Å². The average Bonchev–Trinajstić information content (AvgIpc) is 2.93. The molecule has 0 aromatic heterocycles. The van der Waals surface area contributed by atoms with E-state index in [1.807, 2.05) is 0 Å². The van der Waals surface area contributed by atoms with Gasteiger partial charge in [-0.2, -0.15) is 16.8 Å². The molecule has 0 radical (unpaired) electrons. The molecule has 0 amide bonds. The molecule has 6 N–H and O–H groups in total. The van der Waals surface area contributed by atoms with Crippen LogP contribution in [0.2, 0.25) is 0 Å². The van der Waals surface area contributed by atoms with Gasteiger partial charge in [0.25, 0.3) is 20.2 Å². The van der Waals surface area contributed by atoms with Gasteiger partial charge in [0.2, 0.25) is 0 Å². The molecule has 0 unspecified atom stereocenters. The Balaban J connectivity index is 1.85. The summed E-state index contributed by atoms with van der Waals surface area (Å²) >= 11 is 0. The van der Waals surface area contributed by atoms with Crippen molar-refractivity contribution in [2.24, 2.45) is 0 Å². The van der Waals surface area contributed by atoms with Gasteiger partial charge in [0.1, 0.15) is 9.79 Å². The summed E-state index contributed by atoms with van der Waals surface area (Å²) in [6.45, 7) is 0. The molecule has 0 bridgehead atoms. The maximum atomic E-state index is 13.9. The van der Waals surface area contributed by atoms with Crippen LogP contribution in [0.25, 0.3) is 11.1 Å². The molecule has 6 rings (SSSR count). The smallest absolute Gasteiger partial charge is 0.296 e. The van der Waals surface area contributed by atoms with Crippen molar-refractivity contribution in [1.82, 2.24) is 0 Å². The Morgan fingerprint density at radius 1 is 0.452 bits per heavy atom. The highest BCUT2D eigenvalue weighted by Gasteiger charge is 2.41. The van der Waals surface area contributed by atoms with Crippen molar-refractivity contribution in [1.29, 1.82) is 0 Å². The third-order valence-corrected chi connectivity index (χ3v) is 9.03. The first kappa shape index (κ1) is 27.2. The number of rotatable bonds is 3. The maximum absolute atomic E-state index is 13.9. The highest BCUT2D eigenvalue weighted by molar-refractivity contribution is 7.86. The Hall–Kier alpha value is -5.02. The molecule has 0 saturated heterocycles. The fourth-order valence-electron chi connectivity index (χ4n) is 5.44. The second-order valence-electron chi connectivity index (χ2n) is 9.53. The predicted octanol–water partition coefficient (Wildman–Crippen LogP) is 2.56. The lowest BCUT2D eigenvalue weighted by Gasteiger charge is -2.27. The topological polar surface area (TPSA) is 229 Å². The van der Waals surface area contributed by atoms with Gasteiger partial charge in [-0.25, -0.2) is 0 Å². The van der Waals surface area contributed by atoms with Crippen LogP contribution in [0.5, 0.6) is 0 Å². The van der Waals surface area contributed by atoms with Crippen molar-refractivity contribution in [2.45, 2.75) is 9.79 Å². The molecule has 0 spiro atoms. The SMILES string of the molecule is Nc1c(S(=O)(=O)O)cc(-c2cc(S(=O)(=O)O)c(N)c3c2C(=O)c2ccccc2C3=O)c2c1C(=O)c1ccccc1C2=O.